The summed E-state index contributed by atoms with van der Waals surface area (Å²) in [5.41, 5.74) is 5.64. The van der Waals surface area contributed by atoms with E-state index in [9.17, 15) is 9.59 Å². The largest absolute Gasteiger partial charge is 0.456 e. The molecule has 6 nitrogen and oxygen atoms in total. The topological polar surface area (TPSA) is 73.2 Å². The number of benzene rings is 3. The fourth-order valence-corrected chi connectivity index (χ4v) is 4.42. The number of aryl methyl sites for hydroxylation is 1. The number of nitrogens with one attached hydrogen (secondary N) is 1. The molecule has 1 amide bonds. The maximum atomic E-state index is 12.8. The molecule has 1 N–H and O–H groups in total. The Morgan fingerprint density at radius 3 is 2.39 bits per heavy atom. The molecule has 0 atom stereocenters. The van der Waals surface area contributed by atoms with Crippen molar-refractivity contribution < 1.29 is 14.3 Å². The van der Waals surface area contributed by atoms with Gasteiger partial charge in [0.15, 0.2) is 0 Å². The lowest BCUT2D eigenvalue weighted by Gasteiger charge is -2.20. The fraction of sp³-hybridized carbons (Fsp3) is 0.344. The first-order valence-electron chi connectivity index (χ1n) is 13.4. The third kappa shape index (κ3) is 6.49. The molecule has 3 aromatic carbocycles. The lowest BCUT2D eigenvalue weighted by Crippen LogP contribution is -2.24. The highest BCUT2D eigenvalue weighted by Crippen LogP contribution is 2.28. The van der Waals surface area contributed by atoms with Crippen molar-refractivity contribution in [1.29, 1.82) is 0 Å². The zero-order valence-electron chi connectivity index (χ0n) is 23.0. The highest BCUT2D eigenvalue weighted by atomic mass is 16.6. The summed E-state index contributed by atoms with van der Waals surface area (Å²) in [6.07, 6.45) is 3.47. The van der Waals surface area contributed by atoms with E-state index in [1.807, 2.05) is 70.2 Å². The van der Waals surface area contributed by atoms with Crippen LogP contribution in [0.3, 0.4) is 0 Å². The Balaban J connectivity index is 1.65. The molecule has 0 aliphatic rings. The predicted molar refractivity (Wildman–Crippen MR) is 153 cm³/mol. The summed E-state index contributed by atoms with van der Waals surface area (Å²) in [7, 11) is 0. The van der Waals surface area contributed by atoms with Crippen LogP contribution in [-0.4, -0.2) is 27.0 Å². The maximum absolute atomic E-state index is 12.8. The standard InChI is InChI=1S/C32H37N3O3/c1-6-8-13-29-34-27-19-18-24(33-30(36)7-2)20-28(27)35(29)21-22-14-16-23(17-15-22)25-11-9-10-12-26(25)31(37)38-32(3,4)5/h9-12,14-20H,6-8,13,21H2,1-5H3,(H,33,36). The lowest BCUT2D eigenvalue weighted by atomic mass is 9.98. The van der Waals surface area contributed by atoms with Gasteiger partial charge in [0, 0.05) is 25.1 Å². The first kappa shape index (κ1) is 27.1. The van der Waals surface area contributed by atoms with Gasteiger partial charge in [-0.25, -0.2) is 9.78 Å². The fourth-order valence-electron chi connectivity index (χ4n) is 4.42. The molecule has 0 unspecified atom stereocenters. The van der Waals surface area contributed by atoms with Crippen LogP contribution in [0, 0.1) is 0 Å². The summed E-state index contributed by atoms with van der Waals surface area (Å²) in [5.74, 6) is 0.706. The van der Waals surface area contributed by atoms with E-state index in [2.05, 4.69) is 41.1 Å². The molecule has 0 bridgehead atoms. The number of ether oxygens (including phenoxy) is 1. The second kappa shape index (κ2) is 11.6. The van der Waals surface area contributed by atoms with Gasteiger partial charge in [-0.1, -0.05) is 62.7 Å². The molecule has 0 fully saturated rings. The van der Waals surface area contributed by atoms with E-state index in [0.29, 0.717) is 18.5 Å². The minimum absolute atomic E-state index is 0.0103. The number of carbonyl (C=O) groups is 2. The minimum atomic E-state index is -0.559. The molecule has 6 heteroatoms. The number of hydrogen-bond donors (Lipinski definition) is 1. The van der Waals surface area contributed by atoms with E-state index in [0.717, 1.165) is 58.5 Å². The van der Waals surface area contributed by atoms with Crippen molar-refractivity contribution in [2.45, 2.75) is 72.4 Å². The van der Waals surface area contributed by atoms with Gasteiger partial charge in [0.2, 0.25) is 5.91 Å². The molecule has 198 valence electrons. The summed E-state index contributed by atoms with van der Waals surface area (Å²) in [4.78, 5) is 29.7. The van der Waals surface area contributed by atoms with Crippen molar-refractivity contribution in [2.75, 3.05) is 5.32 Å². The van der Waals surface area contributed by atoms with Crippen LogP contribution in [-0.2, 0) is 22.5 Å². The van der Waals surface area contributed by atoms with Crippen molar-refractivity contribution >= 4 is 28.6 Å². The zero-order valence-corrected chi connectivity index (χ0v) is 23.0. The molecule has 0 aliphatic heterocycles. The Labute approximate surface area is 225 Å². The quantitative estimate of drug-likeness (QED) is 0.238. The number of unbranched alkanes of at least 4 members (excludes halogenated alkanes) is 1. The second-order valence-corrected chi connectivity index (χ2v) is 10.6. The van der Waals surface area contributed by atoms with E-state index in [1.54, 1.807) is 0 Å². The van der Waals surface area contributed by atoms with Crippen LogP contribution in [0.25, 0.3) is 22.2 Å². The summed E-state index contributed by atoms with van der Waals surface area (Å²) in [6.45, 7) is 10.3. The Morgan fingerprint density at radius 1 is 0.974 bits per heavy atom. The summed E-state index contributed by atoms with van der Waals surface area (Å²) < 4.78 is 7.88. The number of carbonyl (C=O) groups excluding carboxylic acids is 2. The van der Waals surface area contributed by atoms with Crippen LogP contribution >= 0.6 is 0 Å². The number of esters is 1. The van der Waals surface area contributed by atoms with Gasteiger partial charge < -0.3 is 14.6 Å². The van der Waals surface area contributed by atoms with Gasteiger partial charge in [-0.15, -0.1) is 0 Å². The van der Waals surface area contributed by atoms with Gasteiger partial charge in [0.1, 0.15) is 11.4 Å². The molecule has 0 aliphatic carbocycles. The Bertz CT molecular complexity index is 1430. The van der Waals surface area contributed by atoms with Crippen LogP contribution in [0.2, 0.25) is 0 Å². The van der Waals surface area contributed by atoms with Crippen molar-refractivity contribution in [3.8, 4) is 11.1 Å². The third-order valence-electron chi connectivity index (χ3n) is 6.34. The lowest BCUT2D eigenvalue weighted by molar-refractivity contribution is -0.115. The molecule has 4 rings (SSSR count). The molecule has 38 heavy (non-hydrogen) atoms. The van der Waals surface area contributed by atoms with E-state index in [4.69, 9.17) is 9.72 Å². The van der Waals surface area contributed by atoms with Crippen molar-refractivity contribution in [1.82, 2.24) is 9.55 Å². The summed E-state index contributed by atoms with van der Waals surface area (Å²) in [6, 6.07) is 21.7. The number of amides is 1. The van der Waals surface area contributed by atoms with Crippen molar-refractivity contribution in [3.05, 3.63) is 83.7 Å². The molecule has 4 aromatic rings. The van der Waals surface area contributed by atoms with E-state index in [-0.39, 0.29) is 11.9 Å². The number of rotatable bonds is 9. The summed E-state index contributed by atoms with van der Waals surface area (Å²) >= 11 is 0. The first-order chi connectivity index (χ1) is 18.2. The van der Waals surface area contributed by atoms with Gasteiger partial charge in [0.25, 0.3) is 0 Å². The highest BCUT2D eigenvalue weighted by Gasteiger charge is 2.21. The van der Waals surface area contributed by atoms with Gasteiger partial charge in [-0.3, -0.25) is 4.79 Å². The number of nitrogens with zero attached hydrogens (tertiary/aromatic N) is 2. The average molecular weight is 512 g/mol. The molecule has 0 saturated carbocycles. The van der Waals surface area contributed by atoms with Crippen LogP contribution < -0.4 is 5.32 Å². The van der Waals surface area contributed by atoms with Crippen molar-refractivity contribution in [2.24, 2.45) is 0 Å². The smallest absolute Gasteiger partial charge is 0.339 e. The van der Waals surface area contributed by atoms with Crippen LogP contribution in [0.4, 0.5) is 5.69 Å². The predicted octanol–water partition coefficient (Wildman–Crippen LogP) is 7.40. The monoisotopic (exact) mass is 511 g/mol. The number of anilines is 1. The number of fused-ring (bicyclic) bond motifs is 1. The van der Waals surface area contributed by atoms with Gasteiger partial charge >= 0.3 is 5.97 Å². The van der Waals surface area contributed by atoms with Gasteiger partial charge in [-0.2, -0.15) is 0 Å². The zero-order chi connectivity index (χ0) is 27.3. The number of aromatic nitrogens is 2. The Morgan fingerprint density at radius 2 is 1.71 bits per heavy atom. The first-order valence-corrected chi connectivity index (χ1v) is 13.4. The second-order valence-electron chi connectivity index (χ2n) is 10.6. The molecule has 1 heterocycles. The summed E-state index contributed by atoms with van der Waals surface area (Å²) in [5, 5.41) is 2.96. The van der Waals surface area contributed by atoms with Crippen LogP contribution in [0.1, 0.15) is 75.6 Å². The third-order valence-corrected chi connectivity index (χ3v) is 6.34. The van der Waals surface area contributed by atoms with E-state index in [1.165, 1.54) is 0 Å². The molecule has 0 radical (unpaired) electrons. The SMILES string of the molecule is CCCCc1nc2ccc(NC(=O)CC)cc2n1Cc1ccc(-c2ccccc2C(=O)OC(C)(C)C)cc1. The Hall–Kier alpha value is -3.93. The average Bonchev–Trinajstić information content (AvgIpc) is 3.23. The molecular weight excluding hydrogens is 474 g/mol. The van der Waals surface area contributed by atoms with Gasteiger partial charge in [-0.05, 0) is 68.1 Å². The molecule has 0 spiro atoms. The van der Waals surface area contributed by atoms with Gasteiger partial charge in [0.05, 0.1) is 16.6 Å². The number of hydrogen-bond acceptors (Lipinski definition) is 4. The number of imidazole rings is 1. The van der Waals surface area contributed by atoms with E-state index >= 15 is 0 Å². The van der Waals surface area contributed by atoms with E-state index < -0.39 is 5.60 Å². The van der Waals surface area contributed by atoms with Crippen LogP contribution in [0.15, 0.2) is 66.7 Å². The minimum Gasteiger partial charge on any atom is -0.456 e. The molecule has 0 saturated heterocycles. The maximum Gasteiger partial charge on any atom is 0.339 e. The highest BCUT2D eigenvalue weighted by molar-refractivity contribution is 5.97. The van der Waals surface area contributed by atoms with Crippen LogP contribution in [0.5, 0.6) is 0 Å². The normalized spacial score (nSPS) is 11.5. The molecule has 1 aromatic heterocycles. The van der Waals surface area contributed by atoms with Crippen molar-refractivity contribution in [3.63, 3.8) is 0 Å². The molecular formula is C32H37N3O3. The Kier molecular flexibility index (Phi) is 8.30.